The zero-order valence-electron chi connectivity index (χ0n) is 20.2. The molecule has 178 valence electrons. The smallest absolute Gasteiger partial charge is 0.197 e. The molecule has 0 aliphatic carbocycles. The topological polar surface area (TPSA) is 75.2 Å². The van der Waals surface area contributed by atoms with E-state index >= 15 is 0 Å². The monoisotopic (exact) mass is 474 g/mol. The van der Waals surface area contributed by atoms with Gasteiger partial charge in [0.1, 0.15) is 23.8 Å². The third kappa shape index (κ3) is 4.64. The first-order valence-electron chi connectivity index (χ1n) is 11.8. The Morgan fingerprint density at radius 1 is 0.833 bits per heavy atom. The maximum atomic E-state index is 13.9. The zero-order valence-corrected chi connectivity index (χ0v) is 20.2. The van der Waals surface area contributed by atoms with Gasteiger partial charge < -0.3 is 9.84 Å². The fourth-order valence-electron chi connectivity index (χ4n) is 4.14. The van der Waals surface area contributed by atoms with Gasteiger partial charge in [0.15, 0.2) is 5.78 Å². The maximum Gasteiger partial charge on any atom is 0.197 e. The van der Waals surface area contributed by atoms with Crippen LogP contribution in [0.2, 0.25) is 0 Å². The fourth-order valence-corrected chi connectivity index (χ4v) is 4.14. The van der Waals surface area contributed by atoms with Gasteiger partial charge in [-0.1, -0.05) is 96.1 Å². The van der Waals surface area contributed by atoms with Crippen molar-refractivity contribution in [2.45, 2.75) is 20.5 Å². The predicted molar refractivity (Wildman–Crippen MR) is 141 cm³/mol. The number of rotatable bonds is 7. The fraction of sp³-hybridized carbons (Fsp3) is 0.0968. The highest BCUT2D eigenvalue weighted by molar-refractivity contribution is 6.16. The lowest BCUT2D eigenvalue weighted by Crippen LogP contribution is -2.05. The first-order chi connectivity index (χ1) is 17.5. The summed E-state index contributed by atoms with van der Waals surface area (Å²) in [6, 6.07) is 30.2. The number of ether oxygens (including phenoxy) is 1. The van der Waals surface area contributed by atoms with Crippen LogP contribution < -0.4 is 4.74 Å². The van der Waals surface area contributed by atoms with E-state index in [2.05, 4.69) is 10.2 Å². The summed E-state index contributed by atoms with van der Waals surface area (Å²) in [5.74, 6) is 0.264. The Balaban J connectivity index is 1.65. The van der Waals surface area contributed by atoms with Crippen molar-refractivity contribution in [1.82, 2.24) is 10.2 Å². The van der Waals surface area contributed by atoms with E-state index in [0.717, 1.165) is 22.3 Å². The number of hydrogen-bond acceptors (Lipinski definition) is 4. The standard InChI is InChI=1S/C31H26N2O3/c1-20-11-15-23(16-12-20)29-28(31(35)24-17-13-21(2)14-18-24)30(33-32-29)27-25(34)9-6-10-26(27)36-19-22-7-4-3-5-8-22/h3-18,34H,19H2,1-2H3,(H,32,33). The van der Waals surface area contributed by atoms with Gasteiger partial charge >= 0.3 is 0 Å². The molecule has 0 saturated heterocycles. The number of aromatic nitrogens is 2. The molecular formula is C31H26N2O3. The average Bonchev–Trinajstić information content (AvgIpc) is 3.33. The molecule has 36 heavy (non-hydrogen) atoms. The highest BCUT2D eigenvalue weighted by Gasteiger charge is 2.27. The molecule has 0 fully saturated rings. The Hall–Kier alpha value is -4.64. The molecule has 0 amide bonds. The Morgan fingerprint density at radius 2 is 1.50 bits per heavy atom. The number of aromatic amines is 1. The minimum atomic E-state index is -0.188. The molecule has 1 heterocycles. The van der Waals surface area contributed by atoms with Crippen LogP contribution in [0.1, 0.15) is 32.6 Å². The SMILES string of the molecule is Cc1ccc(C(=O)c2c(-c3ccc(C)cc3)n[nH]c2-c2c(O)cccc2OCc2ccccc2)cc1. The van der Waals surface area contributed by atoms with Crippen LogP contribution in [-0.2, 0) is 6.61 Å². The quantitative estimate of drug-likeness (QED) is 0.252. The van der Waals surface area contributed by atoms with Gasteiger partial charge in [0.2, 0.25) is 0 Å². The van der Waals surface area contributed by atoms with Crippen LogP contribution in [0.4, 0.5) is 0 Å². The van der Waals surface area contributed by atoms with Crippen LogP contribution in [0.3, 0.4) is 0 Å². The molecule has 0 radical (unpaired) electrons. The van der Waals surface area contributed by atoms with Crippen molar-refractivity contribution in [1.29, 1.82) is 0 Å². The molecular weight excluding hydrogens is 448 g/mol. The van der Waals surface area contributed by atoms with E-state index in [0.29, 0.717) is 40.4 Å². The number of carbonyl (C=O) groups is 1. The van der Waals surface area contributed by atoms with E-state index in [4.69, 9.17) is 4.74 Å². The number of aromatic hydroxyl groups is 1. The summed E-state index contributed by atoms with van der Waals surface area (Å²) < 4.78 is 6.13. The summed E-state index contributed by atoms with van der Waals surface area (Å²) in [6.45, 7) is 4.31. The minimum Gasteiger partial charge on any atom is -0.507 e. The average molecular weight is 475 g/mol. The largest absolute Gasteiger partial charge is 0.507 e. The normalized spacial score (nSPS) is 10.8. The Kier molecular flexibility index (Phi) is 6.37. The highest BCUT2D eigenvalue weighted by atomic mass is 16.5. The number of H-pyrrole nitrogens is 1. The van der Waals surface area contributed by atoms with E-state index in [9.17, 15) is 9.90 Å². The molecule has 2 N–H and O–H groups in total. The molecule has 5 nitrogen and oxygen atoms in total. The second-order valence-electron chi connectivity index (χ2n) is 8.81. The van der Waals surface area contributed by atoms with Crippen LogP contribution in [0, 0.1) is 13.8 Å². The summed E-state index contributed by atoms with van der Waals surface area (Å²) in [5.41, 5.74) is 6.23. The Morgan fingerprint density at radius 3 is 2.19 bits per heavy atom. The van der Waals surface area contributed by atoms with Crippen molar-refractivity contribution < 1.29 is 14.6 Å². The number of phenols is 1. The summed E-state index contributed by atoms with van der Waals surface area (Å²) in [5, 5.41) is 18.5. The van der Waals surface area contributed by atoms with Gasteiger partial charge in [-0.05, 0) is 31.5 Å². The molecule has 0 atom stereocenters. The molecule has 5 heteroatoms. The van der Waals surface area contributed by atoms with E-state index in [1.807, 2.05) is 92.7 Å². The van der Waals surface area contributed by atoms with Gasteiger partial charge in [0.25, 0.3) is 0 Å². The molecule has 0 aliphatic heterocycles. The molecule has 0 unspecified atom stereocenters. The summed E-state index contributed by atoms with van der Waals surface area (Å²) >= 11 is 0. The molecule has 5 aromatic rings. The van der Waals surface area contributed by atoms with Crippen molar-refractivity contribution in [3.63, 3.8) is 0 Å². The van der Waals surface area contributed by atoms with Gasteiger partial charge in [-0.15, -0.1) is 0 Å². The van der Waals surface area contributed by atoms with Crippen LogP contribution >= 0.6 is 0 Å². The van der Waals surface area contributed by atoms with Gasteiger partial charge in [0.05, 0.1) is 16.8 Å². The second-order valence-corrected chi connectivity index (χ2v) is 8.81. The van der Waals surface area contributed by atoms with Crippen molar-refractivity contribution in [2.75, 3.05) is 0 Å². The summed E-state index contributed by atoms with van der Waals surface area (Å²) in [4.78, 5) is 13.9. The molecule has 0 saturated carbocycles. The van der Waals surface area contributed by atoms with Gasteiger partial charge in [0, 0.05) is 11.1 Å². The predicted octanol–water partition coefficient (Wildman–Crippen LogP) is 6.88. The van der Waals surface area contributed by atoms with Crippen LogP contribution in [0.5, 0.6) is 11.5 Å². The van der Waals surface area contributed by atoms with Crippen molar-refractivity contribution in [3.8, 4) is 34.0 Å². The maximum absolute atomic E-state index is 13.9. The molecule has 5 rings (SSSR count). The summed E-state index contributed by atoms with van der Waals surface area (Å²) in [7, 11) is 0. The van der Waals surface area contributed by atoms with Crippen LogP contribution in [0.25, 0.3) is 22.5 Å². The number of aryl methyl sites for hydroxylation is 2. The lowest BCUT2D eigenvalue weighted by Gasteiger charge is -2.14. The lowest BCUT2D eigenvalue weighted by atomic mass is 9.94. The van der Waals surface area contributed by atoms with E-state index < -0.39 is 0 Å². The van der Waals surface area contributed by atoms with Gasteiger partial charge in [-0.25, -0.2) is 0 Å². The zero-order chi connectivity index (χ0) is 25.1. The number of hydrogen-bond donors (Lipinski definition) is 2. The van der Waals surface area contributed by atoms with Crippen molar-refractivity contribution in [2.24, 2.45) is 0 Å². The number of phenolic OH excluding ortho intramolecular Hbond substituents is 1. The van der Waals surface area contributed by atoms with Gasteiger partial charge in [-0.2, -0.15) is 5.10 Å². The van der Waals surface area contributed by atoms with Gasteiger partial charge in [-0.3, -0.25) is 9.89 Å². The minimum absolute atomic E-state index is 0.00220. The Labute approximate surface area is 210 Å². The number of nitrogens with zero attached hydrogens (tertiary/aromatic N) is 1. The third-order valence-electron chi connectivity index (χ3n) is 6.12. The number of nitrogens with one attached hydrogen (secondary N) is 1. The number of carbonyl (C=O) groups excluding carboxylic acids is 1. The van der Waals surface area contributed by atoms with Crippen LogP contribution in [-0.4, -0.2) is 21.1 Å². The highest BCUT2D eigenvalue weighted by Crippen LogP contribution is 2.42. The molecule has 0 aliphatic rings. The van der Waals surface area contributed by atoms with Crippen molar-refractivity contribution >= 4 is 5.78 Å². The van der Waals surface area contributed by atoms with Crippen molar-refractivity contribution in [3.05, 3.63) is 125 Å². The first kappa shape index (κ1) is 23.1. The Bertz CT molecular complexity index is 1500. The lowest BCUT2D eigenvalue weighted by molar-refractivity contribution is 0.104. The van der Waals surface area contributed by atoms with Crippen LogP contribution in [0.15, 0.2) is 97.1 Å². The second kappa shape index (κ2) is 9.92. The third-order valence-corrected chi connectivity index (χ3v) is 6.12. The van der Waals surface area contributed by atoms with E-state index in [1.165, 1.54) is 0 Å². The number of benzene rings is 4. The van der Waals surface area contributed by atoms with E-state index in [-0.39, 0.29) is 11.5 Å². The molecule has 1 aromatic heterocycles. The van der Waals surface area contributed by atoms with E-state index in [1.54, 1.807) is 18.2 Å². The summed E-state index contributed by atoms with van der Waals surface area (Å²) in [6.07, 6.45) is 0. The molecule has 0 spiro atoms. The number of ketones is 1. The first-order valence-corrected chi connectivity index (χ1v) is 11.8. The molecule has 0 bridgehead atoms. The molecule has 4 aromatic carbocycles.